The fraction of sp³-hybridized carbons (Fsp3) is 0.500. The predicted molar refractivity (Wildman–Crippen MR) is 67.5 cm³/mol. The van der Waals surface area contributed by atoms with Crippen LogP contribution in [0.3, 0.4) is 0 Å². The van der Waals surface area contributed by atoms with Gasteiger partial charge < -0.3 is 5.73 Å². The van der Waals surface area contributed by atoms with Crippen molar-refractivity contribution in [3.8, 4) is 0 Å². The molecule has 0 aliphatic rings. The molecule has 1 rings (SSSR count). The van der Waals surface area contributed by atoms with Crippen LogP contribution in [0.4, 0.5) is 0 Å². The van der Waals surface area contributed by atoms with Crippen LogP contribution in [0.5, 0.6) is 0 Å². The normalized spacial score (nSPS) is 13.2. The molecule has 0 aliphatic heterocycles. The zero-order valence-electron chi connectivity index (χ0n) is 9.13. The van der Waals surface area contributed by atoms with E-state index < -0.39 is 0 Å². The van der Waals surface area contributed by atoms with Crippen LogP contribution in [-0.2, 0) is 6.42 Å². The van der Waals surface area contributed by atoms with Crippen molar-refractivity contribution in [2.24, 2.45) is 17.6 Å². The van der Waals surface area contributed by atoms with E-state index >= 15 is 0 Å². The average molecular weight is 246 g/mol. The summed E-state index contributed by atoms with van der Waals surface area (Å²) in [6.07, 6.45) is 0.921. The summed E-state index contributed by atoms with van der Waals surface area (Å²) in [4.78, 5) is 0. The highest BCUT2D eigenvalue weighted by molar-refractivity contribution is 6.35. The summed E-state index contributed by atoms with van der Waals surface area (Å²) in [5, 5.41) is 1.42. The molecule has 0 saturated carbocycles. The van der Waals surface area contributed by atoms with E-state index in [-0.39, 0.29) is 0 Å². The molecule has 1 aromatic carbocycles. The SMILES string of the molecule is CC(C)[C@@H](CN)Cc1ccc(Cl)cc1Cl. The van der Waals surface area contributed by atoms with Gasteiger partial charge in [0.1, 0.15) is 0 Å². The van der Waals surface area contributed by atoms with Gasteiger partial charge in [0.05, 0.1) is 0 Å². The standard InChI is InChI=1S/C12H17Cl2N/c1-8(2)10(7-15)5-9-3-4-11(13)6-12(9)14/h3-4,6,8,10H,5,7,15H2,1-2H3/t10-/m1/s1. The van der Waals surface area contributed by atoms with Crippen molar-refractivity contribution < 1.29 is 0 Å². The van der Waals surface area contributed by atoms with Gasteiger partial charge in [0.25, 0.3) is 0 Å². The van der Waals surface area contributed by atoms with Crippen LogP contribution >= 0.6 is 23.2 Å². The summed E-state index contributed by atoms with van der Waals surface area (Å²) in [6, 6.07) is 5.64. The molecule has 1 nitrogen and oxygen atoms in total. The zero-order chi connectivity index (χ0) is 11.4. The Labute approximate surface area is 102 Å². The lowest BCUT2D eigenvalue weighted by Crippen LogP contribution is -2.22. The highest BCUT2D eigenvalue weighted by atomic mass is 35.5. The van der Waals surface area contributed by atoms with E-state index in [2.05, 4.69) is 13.8 Å². The first-order valence-electron chi connectivity index (χ1n) is 5.18. The maximum Gasteiger partial charge on any atom is 0.0452 e. The van der Waals surface area contributed by atoms with Gasteiger partial charge in [-0.05, 0) is 42.5 Å². The van der Waals surface area contributed by atoms with E-state index in [1.807, 2.05) is 12.1 Å². The van der Waals surface area contributed by atoms with E-state index in [4.69, 9.17) is 28.9 Å². The number of rotatable bonds is 4. The molecule has 0 fully saturated rings. The van der Waals surface area contributed by atoms with Crippen LogP contribution in [0.15, 0.2) is 18.2 Å². The molecule has 0 aliphatic carbocycles. The Bertz CT molecular complexity index is 323. The number of benzene rings is 1. The van der Waals surface area contributed by atoms with Crippen molar-refractivity contribution in [3.63, 3.8) is 0 Å². The molecule has 0 bridgehead atoms. The number of hydrogen-bond acceptors (Lipinski definition) is 1. The van der Waals surface area contributed by atoms with Gasteiger partial charge in [0.15, 0.2) is 0 Å². The van der Waals surface area contributed by atoms with Gasteiger partial charge in [-0.2, -0.15) is 0 Å². The lowest BCUT2D eigenvalue weighted by atomic mass is 9.89. The first-order valence-corrected chi connectivity index (χ1v) is 5.94. The lowest BCUT2D eigenvalue weighted by Gasteiger charge is -2.19. The monoisotopic (exact) mass is 245 g/mol. The minimum absolute atomic E-state index is 0.476. The third-order valence-corrected chi connectivity index (χ3v) is 3.33. The van der Waals surface area contributed by atoms with Gasteiger partial charge in [0, 0.05) is 10.0 Å². The van der Waals surface area contributed by atoms with E-state index in [1.165, 1.54) is 0 Å². The largest absolute Gasteiger partial charge is 0.330 e. The molecular formula is C12H17Cl2N. The molecule has 3 heteroatoms. The Kier molecular flexibility index (Phi) is 4.91. The Hall–Kier alpha value is -0.240. The highest BCUT2D eigenvalue weighted by Gasteiger charge is 2.13. The third-order valence-electron chi connectivity index (χ3n) is 2.74. The zero-order valence-corrected chi connectivity index (χ0v) is 10.6. The third kappa shape index (κ3) is 3.67. The van der Waals surface area contributed by atoms with Crippen LogP contribution in [0.25, 0.3) is 0 Å². The maximum absolute atomic E-state index is 6.11. The Balaban J connectivity index is 2.79. The lowest BCUT2D eigenvalue weighted by molar-refractivity contribution is 0.392. The molecule has 0 unspecified atom stereocenters. The predicted octanol–water partition coefficient (Wildman–Crippen LogP) is 3.77. The molecule has 2 N–H and O–H groups in total. The van der Waals surface area contributed by atoms with Crippen molar-refractivity contribution in [1.29, 1.82) is 0 Å². The molecule has 1 aromatic rings. The second-order valence-corrected chi connectivity index (χ2v) is 5.02. The Morgan fingerprint density at radius 1 is 1.27 bits per heavy atom. The van der Waals surface area contributed by atoms with E-state index in [0.29, 0.717) is 23.4 Å². The smallest absolute Gasteiger partial charge is 0.0452 e. The molecule has 84 valence electrons. The van der Waals surface area contributed by atoms with E-state index in [0.717, 1.165) is 17.0 Å². The van der Waals surface area contributed by atoms with Crippen molar-refractivity contribution in [3.05, 3.63) is 33.8 Å². The molecular weight excluding hydrogens is 229 g/mol. The minimum Gasteiger partial charge on any atom is -0.330 e. The maximum atomic E-state index is 6.11. The molecule has 0 saturated heterocycles. The van der Waals surface area contributed by atoms with Crippen molar-refractivity contribution in [2.75, 3.05) is 6.54 Å². The summed E-state index contributed by atoms with van der Waals surface area (Å²) in [6.45, 7) is 5.05. The van der Waals surface area contributed by atoms with Crippen molar-refractivity contribution in [2.45, 2.75) is 20.3 Å². The van der Waals surface area contributed by atoms with E-state index in [9.17, 15) is 0 Å². The first kappa shape index (κ1) is 12.8. The Morgan fingerprint density at radius 3 is 2.40 bits per heavy atom. The summed E-state index contributed by atoms with van der Waals surface area (Å²) >= 11 is 12.0. The molecule has 0 heterocycles. The quantitative estimate of drug-likeness (QED) is 0.859. The second-order valence-electron chi connectivity index (χ2n) is 4.18. The summed E-state index contributed by atoms with van der Waals surface area (Å²) in [5.74, 6) is 1.05. The van der Waals surface area contributed by atoms with Gasteiger partial charge in [-0.25, -0.2) is 0 Å². The summed E-state index contributed by atoms with van der Waals surface area (Å²) < 4.78 is 0. The second kappa shape index (κ2) is 5.74. The summed E-state index contributed by atoms with van der Waals surface area (Å²) in [7, 11) is 0. The van der Waals surface area contributed by atoms with Crippen LogP contribution in [0.2, 0.25) is 10.0 Å². The molecule has 0 spiro atoms. The highest BCUT2D eigenvalue weighted by Crippen LogP contribution is 2.25. The van der Waals surface area contributed by atoms with Crippen LogP contribution in [-0.4, -0.2) is 6.54 Å². The fourth-order valence-corrected chi connectivity index (χ4v) is 2.05. The fourth-order valence-electron chi connectivity index (χ4n) is 1.56. The van der Waals surface area contributed by atoms with Crippen LogP contribution in [0.1, 0.15) is 19.4 Å². The minimum atomic E-state index is 0.476. The van der Waals surface area contributed by atoms with Gasteiger partial charge in [-0.3, -0.25) is 0 Å². The van der Waals surface area contributed by atoms with Crippen LogP contribution in [0, 0.1) is 11.8 Å². The van der Waals surface area contributed by atoms with Gasteiger partial charge >= 0.3 is 0 Å². The van der Waals surface area contributed by atoms with Crippen molar-refractivity contribution >= 4 is 23.2 Å². The Morgan fingerprint density at radius 2 is 1.93 bits per heavy atom. The number of nitrogens with two attached hydrogens (primary N) is 1. The number of halogens is 2. The van der Waals surface area contributed by atoms with Gasteiger partial charge in [-0.15, -0.1) is 0 Å². The molecule has 1 atom stereocenters. The molecule has 0 amide bonds. The van der Waals surface area contributed by atoms with Crippen LogP contribution < -0.4 is 5.73 Å². The molecule has 15 heavy (non-hydrogen) atoms. The molecule has 0 radical (unpaired) electrons. The topological polar surface area (TPSA) is 26.0 Å². The van der Waals surface area contributed by atoms with Crippen molar-refractivity contribution in [1.82, 2.24) is 0 Å². The van der Waals surface area contributed by atoms with E-state index in [1.54, 1.807) is 6.07 Å². The van der Waals surface area contributed by atoms with Gasteiger partial charge in [-0.1, -0.05) is 43.1 Å². The first-order chi connectivity index (χ1) is 7.04. The van der Waals surface area contributed by atoms with Gasteiger partial charge in [0.2, 0.25) is 0 Å². The summed E-state index contributed by atoms with van der Waals surface area (Å²) in [5.41, 5.74) is 6.86. The molecule has 0 aromatic heterocycles. The number of hydrogen-bond donors (Lipinski definition) is 1. The average Bonchev–Trinajstić information content (AvgIpc) is 2.16.